The number of carbonyl (C=O) groups is 1. The van der Waals surface area contributed by atoms with Crippen LogP contribution in [0.4, 0.5) is 8.78 Å². The molecule has 0 saturated carbocycles. The summed E-state index contributed by atoms with van der Waals surface area (Å²) in [5.74, 6) is -1.14. The van der Waals surface area contributed by atoms with E-state index >= 15 is 0 Å². The van der Waals surface area contributed by atoms with Gasteiger partial charge in [-0.2, -0.15) is 0 Å². The van der Waals surface area contributed by atoms with E-state index in [0.29, 0.717) is 0 Å². The molecule has 0 radical (unpaired) electrons. The predicted octanol–water partition coefficient (Wildman–Crippen LogP) is 2.61. The van der Waals surface area contributed by atoms with Gasteiger partial charge in [-0.05, 0) is 6.92 Å². The van der Waals surface area contributed by atoms with Gasteiger partial charge in [0, 0.05) is 17.5 Å². The van der Waals surface area contributed by atoms with Crippen LogP contribution < -0.4 is 0 Å². The lowest BCUT2D eigenvalue weighted by molar-refractivity contribution is -0.136. The number of nitrogens with zero attached hydrogens (tertiary/aromatic N) is 1. The van der Waals surface area contributed by atoms with Gasteiger partial charge in [0.05, 0.1) is 17.0 Å². The molecule has 6 heteroatoms. The van der Waals surface area contributed by atoms with Crippen LogP contribution in [0.5, 0.6) is 0 Å². The lowest BCUT2D eigenvalue weighted by Gasteiger charge is -2.09. The molecule has 1 N–H and O–H groups in total. The second-order valence-corrected chi connectivity index (χ2v) is 3.35. The Labute approximate surface area is 89.7 Å². The smallest absolute Gasteiger partial charge is 0.307 e. The number of rotatable bonds is 3. The van der Waals surface area contributed by atoms with Crippen LogP contribution in [0.25, 0.3) is 0 Å². The first-order valence-electron chi connectivity index (χ1n) is 4.07. The van der Waals surface area contributed by atoms with E-state index in [1.54, 1.807) is 0 Å². The maximum absolute atomic E-state index is 12.5. The van der Waals surface area contributed by atoms with Crippen molar-refractivity contribution < 1.29 is 18.7 Å². The van der Waals surface area contributed by atoms with Gasteiger partial charge in [0.25, 0.3) is 6.43 Å². The van der Waals surface area contributed by atoms with Crippen LogP contribution in [-0.2, 0) is 11.2 Å². The van der Waals surface area contributed by atoms with Crippen molar-refractivity contribution in [3.8, 4) is 0 Å². The zero-order valence-corrected chi connectivity index (χ0v) is 8.55. The first-order valence-corrected chi connectivity index (χ1v) is 4.45. The summed E-state index contributed by atoms with van der Waals surface area (Å²) in [5, 5.41) is 8.31. The van der Waals surface area contributed by atoms with Crippen LogP contribution in [0.3, 0.4) is 0 Å². The molecular formula is C9H8ClF2NO2. The fraction of sp³-hybridized carbons (Fsp3) is 0.333. The summed E-state index contributed by atoms with van der Waals surface area (Å²) in [6.45, 7) is 1.40. The van der Waals surface area contributed by atoms with Gasteiger partial charge in [0.1, 0.15) is 0 Å². The van der Waals surface area contributed by atoms with Gasteiger partial charge in [-0.3, -0.25) is 9.78 Å². The molecule has 0 unspecified atom stereocenters. The van der Waals surface area contributed by atoms with Crippen LogP contribution in [0.1, 0.15) is 23.2 Å². The molecule has 1 aromatic heterocycles. The van der Waals surface area contributed by atoms with Crippen LogP contribution >= 0.6 is 11.6 Å². The number of carboxylic acid groups (broad SMARTS) is 1. The molecule has 1 aromatic rings. The summed E-state index contributed by atoms with van der Waals surface area (Å²) in [6.07, 6.45) is -1.96. The number of carboxylic acids is 1. The third kappa shape index (κ3) is 2.62. The molecule has 0 fully saturated rings. The molecular weight excluding hydrogens is 228 g/mol. The van der Waals surface area contributed by atoms with Crippen molar-refractivity contribution in [1.29, 1.82) is 0 Å². The van der Waals surface area contributed by atoms with E-state index < -0.39 is 24.4 Å². The maximum atomic E-state index is 12.5. The number of aromatic nitrogens is 1. The standard InChI is InChI=1S/C9H8ClF2NO2/c1-4-7(9(11)12)8(10)5(3-13-4)2-6(14)15/h3,9H,2H2,1H3,(H,14,15). The molecule has 3 nitrogen and oxygen atoms in total. The molecule has 0 aliphatic rings. The minimum Gasteiger partial charge on any atom is -0.481 e. The fourth-order valence-electron chi connectivity index (χ4n) is 1.17. The normalized spacial score (nSPS) is 10.7. The van der Waals surface area contributed by atoms with E-state index in [9.17, 15) is 13.6 Å². The first-order chi connectivity index (χ1) is 6.93. The average Bonchev–Trinajstić information content (AvgIpc) is 2.09. The number of halogens is 3. The van der Waals surface area contributed by atoms with E-state index in [-0.39, 0.29) is 16.3 Å². The SMILES string of the molecule is Cc1ncc(CC(=O)O)c(Cl)c1C(F)F. The summed E-state index contributed by atoms with van der Waals surface area (Å²) in [4.78, 5) is 14.1. The summed E-state index contributed by atoms with van der Waals surface area (Å²) < 4.78 is 25.1. The Bertz CT molecular complexity index is 396. The van der Waals surface area contributed by atoms with E-state index in [1.165, 1.54) is 13.1 Å². The number of aliphatic carboxylic acids is 1. The minimum absolute atomic E-state index is 0.102. The summed E-state index contributed by atoms with van der Waals surface area (Å²) in [6, 6.07) is 0. The summed E-state index contributed by atoms with van der Waals surface area (Å²) in [5.41, 5.74) is -0.176. The topological polar surface area (TPSA) is 50.2 Å². The molecule has 0 aliphatic heterocycles. The van der Waals surface area contributed by atoms with Crippen molar-refractivity contribution in [2.75, 3.05) is 0 Å². The molecule has 82 valence electrons. The number of alkyl halides is 2. The highest BCUT2D eigenvalue weighted by Gasteiger charge is 2.19. The van der Waals surface area contributed by atoms with Gasteiger partial charge in [-0.15, -0.1) is 0 Å². The van der Waals surface area contributed by atoms with E-state index in [4.69, 9.17) is 16.7 Å². The van der Waals surface area contributed by atoms with Gasteiger partial charge in [-0.25, -0.2) is 8.78 Å². The predicted molar refractivity (Wildman–Crippen MR) is 50.3 cm³/mol. The zero-order chi connectivity index (χ0) is 11.6. The van der Waals surface area contributed by atoms with Crippen molar-refractivity contribution in [2.24, 2.45) is 0 Å². The van der Waals surface area contributed by atoms with Crippen molar-refractivity contribution >= 4 is 17.6 Å². The molecule has 0 spiro atoms. The molecule has 0 atom stereocenters. The Hall–Kier alpha value is -1.23. The molecule has 1 rings (SSSR count). The second kappa shape index (κ2) is 4.53. The van der Waals surface area contributed by atoms with Crippen LogP contribution in [0.15, 0.2) is 6.20 Å². The number of aryl methyl sites for hydroxylation is 1. The van der Waals surface area contributed by atoms with E-state index in [0.717, 1.165) is 0 Å². The van der Waals surface area contributed by atoms with Gasteiger partial charge in [-0.1, -0.05) is 11.6 Å². The lowest BCUT2D eigenvalue weighted by Crippen LogP contribution is -2.05. The number of hydrogen-bond acceptors (Lipinski definition) is 2. The Morgan fingerprint density at radius 2 is 2.27 bits per heavy atom. The van der Waals surface area contributed by atoms with Crippen molar-refractivity contribution in [3.63, 3.8) is 0 Å². The summed E-state index contributed by atoms with van der Waals surface area (Å²) >= 11 is 5.67. The third-order valence-electron chi connectivity index (χ3n) is 1.88. The molecule has 0 saturated heterocycles. The van der Waals surface area contributed by atoms with Crippen LogP contribution in [0.2, 0.25) is 5.02 Å². The number of pyridine rings is 1. The van der Waals surface area contributed by atoms with Gasteiger partial charge < -0.3 is 5.11 Å². The highest BCUT2D eigenvalue weighted by molar-refractivity contribution is 6.32. The Balaban J connectivity index is 3.22. The largest absolute Gasteiger partial charge is 0.481 e. The monoisotopic (exact) mass is 235 g/mol. The first kappa shape index (κ1) is 11.8. The Morgan fingerprint density at radius 3 is 2.73 bits per heavy atom. The quantitative estimate of drug-likeness (QED) is 0.876. The van der Waals surface area contributed by atoms with Crippen LogP contribution in [-0.4, -0.2) is 16.1 Å². The molecule has 1 heterocycles. The minimum atomic E-state index is -2.75. The van der Waals surface area contributed by atoms with Crippen molar-refractivity contribution in [1.82, 2.24) is 4.98 Å². The fourth-order valence-corrected chi connectivity index (χ4v) is 1.51. The zero-order valence-electron chi connectivity index (χ0n) is 7.80. The average molecular weight is 236 g/mol. The van der Waals surface area contributed by atoms with Gasteiger partial charge >= 0.3 is 5.97 Å². The van der Waals surface area contributed by atoms with Crippen LogP contribution in [0, 0.1) is 6.92 Å². The summed E-state index contributed by atoms with van der Waals surface area (Å²) in [7, 11) is 0. The van der Waals surface area contributed by atoms with Crippen molar-refractivity contribution in [3.05, 3.63) is 28.0 Å². The molecule has 0 aromatic carbocycles. The van der Waals surface area contributed by atoms with Gasteiger partial charge in [0.15, 0.2) is 0 Å². The molecule has 0 bridgehead atoms. The molecule has 15 heavy (non-hydrogen) atoms. The second-order valence-electron chi connectivity index (χ2n) is 2.97. The third-order valence-corrected chi connectivity index (χ3v) is 2.33. The van der Waals surface area contributed by atoms with Crippen molar-refractivity contribution in [2.45, 2.75) is 19.8 Å². The maximum Gasteiger partial charge on any atom is 0.307 e. The highest BCUT2D eigenvalue weighted by atomic mass is 35.5. The van der Waals surface area contributed by atoms with E-state index in [2.05, 4.69) is 4.98 Å². The van der Waals surface area contributed by atoms with Gasteiger partial charge in [0.2, 0.25) is 0 Å². The lowest BCUT2D eigenvalue weighted by atomic mass is 10.1. The molecule has 0 aliphatic carbocycles. The number of hydrogen-bond donors (Lipinski definition) is 1. The Morgan fingerprint density at radius 1 is 1.67 bits per heavy atom. The molecule has 0 amide bonds. The van der Waals surface area contributed by atoms with E-state index in [1.807, 2.05) is 0 Å². The Kier molecular flexibility index (Phi) is 3.57. The highest BCUT2D eigenvalue weighted by Crippen LogP contribution is 2.31.